The summed E-state index contributed by atoms with van der Waals surface area (Å²) < 4.78 is 15.3. The first-order valence-electron chi connectivity index (χ1n) is 6.90. The molecule has 0 amide bonds. The third kappa shape index (κ3) is 2.56. The molecule has 3 aromatic rings. The van der Waals surface area contributed by atoms with E-state index >= 15 is 0 Å². The summed E-state index contributed by atoms with van der Waals surface area (Å²) in [6.07, 6.45) is 0.622. The number of nitrogen functional groups attached to an aromatic ring is 1. The highest BCUT2D eigenvalue weighted by molar-refractivity contribution is 5.79. The summed E-state index contributed by atoms with van der Waals surface area (Å²) in [6.45, 7) is 0.361. The van der Waals surface area contributed by atoms with Gasteiger partial charge in [-0.15, -0.1) is 0 Å². The molecule has 0 aliphatic heterocycles. The van der Waals surface area contributed by atoms with Crippen molar-refractivity contribution < 1.29 is 4.39 Å². The van der Waals surface area contributed by atoms with Crippen LogP contribution in [0.15, 0.2) is 53.3 Å². The van der Waals surface area contributed by atoms with Gasteiger partial charge in [-0.3, -0.25) is 14.8 Å². The van der Waals surface area contributed by atoms with Crippen molar-refractivity contribution in [1.29, 1.82) is 0 Å². The first kappa shape index (κ1) is 14.2. The molecular formula is C16H15FN4O. The minimum Gasteiger partial charge on any atom is -0.294 e. The monoisotopic (exact) mass is 298 g/mol. The van der Waals surface area contributed by atoms with E-state index in [2.05, 4.69) is 10.4 Å². The number of aromatic nitrogens is 2. The Hall–Kier alpha value is -2.73. The van der Waals surface area contributed by atoms with Crippen LogP contribution < -0.4 is 16.8 Å². The van der Waals surface area contributed by atoms with Crippen molar-refractivity contribution in [2.45, 2.75) is 13.0 Å². The number of hydrazine groups is 1. The summed E-state index contributed by atoms with van der Waals surface area (Å²) in [5.74, 6) is 5.10. The fraction of sp³-hybridized carbons (Fsp3) is 0.125. The molecule has 0 radical (unpaired) electrons. The summed E-state index contributed by atoms with van der Waals surface area (Å²) in [7, 11) is 0. The van der Waals surface area contributed by atoms with E-state index in [0.29, 0.717) is 13.0 Å². The number of fused-ring (bicyclic) bond motifs is 1. The Morgan fingerprint density at radius 2 is 1.91 bits per heavy atom. The molecule has 0 bridgehead atoms. The zero-order valence-electron chi connectivity index (χ0n) is 11.8. The van der Waals surface area contributed by atoms with Crippen molar-refractivity contribution >= 4 is 16.9 Å². The molecule has 0 saturated carbocycles. The molecule has 2 aromatic carbocycles. The second-order valence-electron chi connectivity index (χ2n) is 4.91. The zero-order valence-corrected chi connectivity index (χ0v) is 11.8. The topological polar surface area (TPSA) is 72.9 Å². The molecule has 0 unspecified atom stereocenters. The molecule has 1 aromatic heterocycles. The van der Waals surface area contributed by atoms with Gasteiger partial charge >= 0.3 is 0 Å². The fourth-order valence-electron chi connectivity index (χ4n) is 2.43. The molecule has 6 heteroatoms. The third-order valence-corrected chi connectivity index (χ3v) is 3.53. The molecule has 3 N–H and O–H groups in total. The Morgan fingerprint density at radius 1 is 1.14 bits per heavy atom. The summed E-state index contributed by atoms with van der Waals surface area (Å²) in [5.41, 5.74) is 3.34. The van der Waals surface area contributed by atoms with Crippen LogP contribution >= 0.6 is 0 Å². The van der Waals surface area contributed by atoms with Crippen LogP contribution in [0.3, 0.4) is 0 Å². The van der Waals surface area contributed by atoms with Crippen LogP contribution in [0, 0.1) is 5.82 Å². The predicted octanol–water partition coefficient (Wildman–Crippen LogP) is 2.06. The Morgan fingerprint density at radius 3 is 2.64 bits per heavy atom. The molecule has 0 fully saturated rings. The number of hydrogen-bond acceptors (Lipinski definition) is 4. The van der Waals surface area contributed by atoms with Gasteiger partial charge in [0.25, 0.3) is 5.56 Å². The maximum atomic E-state index is 13.9. The molecule has 3 rings (SSSR count). The van der Waals surface area contributed by atoms with Crippen LogP contribution in [0.4, 0.5) is 10.3 Å². The van der Waals surface area contributed by atoms with Gasteiger partial charge in [-0.05, 0) is 24.1 Å². The second-order valence-corrected chi connectivity index (χ2v) is 4.91. The summed E-state index contributed by atoms with van der Waals surface area (Å²) >= 11 is 0. The average molecular weight is 298 g/mol. The molecule has 112 valence electrons. The Bertz CT molecular complexity index is 861. The summed E-state index contributed by atoms with van der Waals surface area (Å²) in [5, 5.41) is -0.0189. The van der Waals surface area contributed by atoms with Gasteiger partial charge in [0.2, 0.25) is 5.95 Å². The van der Waals surface area contributed by atoms with E-state index in [4.69, 9.17) is 5.84 Å². The number of aryl methyl sites for hydroxylation is 1. The van der Waals surface area contributed by atoms with E-state index in [1.165, 1.54) is 16.7 Å². The molecule has 0 spiro atoms. The van der Waals surface area contributed by atoms with Crippen LogP contribution in [-0.4, -0.2) is 9.55 Å². The second kappa shape index (κ2) is 5.95. The SMILES string of the molecule is NNc1nc2cccc(F)c2c(=O)n1CCc1ccccc1. The van der Waals surface area contributed by atoms with Crippen LogP contribution in [0.5, 0.6) is 0 Å². The Kier molecular flexibility index (Phi) is 3.84. The number of hydrogen-bond donors (Lipinski definition) is 2. The van der Waals surface area contributed by atoms with Crippen molar-refractivity contribution in [3.05, 3.63) is 70.3 Å². The number of nitrogens with two attached hydrogens (primary N) is 1. The van der Waals surface area contributed by atoms with Crippen LogP contribution in [0.1, 0.15) is 5.56 Å². The third-order valence-electron chi connectivity index (χ3n) is 3.53. The normalized spacial score (nSPS) is 10.8. The Balaban J connectivity index is 2.06. The van der Waals surface area contributed by atoms with Crippen molar-refractivity contribution in [3.63, 3.8) is 0 Å². The molecule has 1 heterocycles. The summed E-state index contributed by atoms with van der Waals surface area (Å²) in [4.78, 5) is 16.8. The van der Waals surface area contributed by atoms with E-state index in [9.17, 15) is 9.18 Å². The molecule has 0 atom stereocenters. The van der Waals surface area contributed by atoms with Gasteiger partial charge in [0.05, 0.1) is 5.52 Å². The lowest BCUT2D eigenvalue weighted by Crippen LogP contribution is -2.28. The number of rotatable bonds is 4. The lowest BCUT2D eigenvalue weighted by atomic mass is 10.1. The van der Waals surface area contributed by atoms with Gasteiger partial charge in [0.1, 0.15) is 11.2 Å². The zero-order chi connectivity index (χ0) is 15.5. The first-order chi connectivity index (χ1) is 10.7. The lowest BCUT2D eigenvalue weighted by Gasteiger charge is -2.13. The van der Waals surface area contributed by atoms with Gasteiger partial charge in [0, 0.05) is 6.54 Å². The minimum absolute atomic E-state index is 0.0189. The van der Waals surface area contributed by atoms with Gasteiger partial charge in [-0.2, -0.15) is 0 Å². The number of benzene rings is 2. The smallest absolute Gasteiger partial charge is 0.265 e. The maximum absolute atomic E-state index is 13.9. The molecular weight excluding hydrogens is 283 g/mol. The van der Waals surface area contributed by atoms with Gasteiger partial charge in [0.15, 0.2) is 0 Å². The highest BCUT2D eigenvalue weighted by Crippen LogP contribution is 2.14. The summed E-state index contributed by atoms with van der Waals surface area (Å²) in [6, 6.07) is 14.1. The largest absolute Gasteiger partial charge is 0.294 e. The minimum atomic E-state index is -0.577. The predicted molar refractivity (Wildman–Crippen MR) is 83.9 cm³/mol. The van der Waals surface area contributed by atoms with Crippen LogP contribution in [-0.2, 0) is 13.0 Å². The number of anilines is 1. The molecule has 5 nitrogen and oxygen atoms in total. The van der Waals surface area contributed by atoms with Crippen molar-refractivity contribution in [2.75, 3.05) is 5.43 Å². The molecule has 0 aliphatic carbocycles. The average Bonchev–Trinajstić information content (AvgIpc) is 2.54. The first-order valence-corrected chi connectivity index (χ1v) is 6.90. The van der Waals surface area contributed by atoms with E-state index < -0.39 is 11.4 Å². The van der Waals surface area contributed by atoms with Crippen molar-refractivity contribution in [3.8, 4) is 0 Å². The Labute approximate surface area is 126 Å². The highest BCUT2D eigenvalue weighted by atomic mass is 19.1. The maximum Gasteiger partial charge on any atom is 0.265 e. The number of nitrogens with zero attached hydrogens (tertiary/aromatic N) is 2. The quantitative estimate of drug-likeness (QED) is 0.571. The van der Waals surface area contributed by atoms with Crippen molar-refractivity contribution in [2.24, 2.45) is 5.84 Å². The van der Waals surface area contributed by atoms with E-state index in [1.807, 2.05) is 30.3 Å². The van der Waals surface area contributed by atoms with E-state index in [-0.39, 0.29) is 16.9 Å². The fourth-order valence-corrected chi connectivity index (χ4v) is 2.43. The van der Waals surface area contributed by atoms with Crippen LogP contribution in [0.25, 0.3) is 10.9 Å². The van der Waals surface area contributed by atoms with Gasteiger partial charge in [-0.25, -0.2) is 15.2 Å². The van der Waals surface area contributed by atoms with E-state index in [1.54, 1.807) is 6.07 Å². The number of nitrogens with one attached hydrogen (secondary N) is 1. The molecule has 22 heavy (non-hydrogen) atoms. The standard InChI is InChI=1S/C16H15FN4O/c17-12-7-4-8-13-14(12)15(22)21(16(19-13)20-18)10-9-11-5-2-1-3-6-11/h1-8H,9-10,18H2,(H,19,20). The number of halogens is 1. The lowest BCUT2D eigenvalue weighted by molar-refractivity contribution is 0.628. The van der Waals surface area contributed by atoms with Crippen LogP contribution in [0.2, 0.25) is 0 Å². The van der Waals surface area contributed by atoms with Gasteiger partial charge in [-0.1, -0.05) is 36.4 Å². The van der Waals surface area contributed by atoms with Crippen molar-refractivity contribution in [1.82, 2.24) is 9.55 Å². The molecule has 0 aliphatic rings. The van der Waals surface area contributed by atoms with E-state index in [0.717, 1.165) is 5.56 Å². The highest BCUT2D eigenvalue weighted by Gasteiger charge is 2.13. The molecule has 0 saturated heterocycles. The van der Waals surface area contributed by atoms with Gasteiger partial charge < -0.3 is 0 Å².